The molecule has 0 aliphatic rings. The first-order valence-corrected chi connectivity index (χ1v) is 6.03. The van der Waals surface area contributed by atoms with E-state index in [9.17, 15) is 9.90 Å². The smallest absolute Gasteiger partial charge is 0.337 e. The van der Waals surface area contributed by atoms with E-state index in [1.165, 1.54) is 6.20 Å². The minimum absolute atomic E-state index is 0.187. The monoisotopic (exact) mass is 268 g/mol. The van der Waals surface area contributed by atoms with Crippen LogP contribution < -0.4 is 5.32 Å². The fraction of sp³-hybridized carbons (Fsp3) is 0.0714. The van der Waals surface area contributed by atoms with Crippen LogP contribution in [0.1, 0.15) is 10.4 Å². The third kappa shape index (κ3) is 2.07. The quantitative estimate of drug-likeness (QED) is 0.762. The second kappa shape index (κ2) is 4.65. The van der Waals surface area contributed by atoms with Gasteiger partial charge in [0.2, 0.25) is 0 Å². The third-order valence-corrected chi connectivity index (χ3v) is 2.99. The van der Waals surface area contributed by atoms with Gasteiger partial charge >= 0.3 is 5.97 Å². The highest BCUT2D eigenvalue weighted by Gasteiger charge is 2.12. The molecule has 2 N–H and O–H groups in total. The largest absolute Gasteiger partial charge is 0.478 e. The lowest BCUT2D eigenvalue weighted by molar-refractivity contribution is 0.0698. The number of pyridine rings is 1. The van der Waals surface area contributed by atoms with E-state index >= 15 is 0 Å². The molecule has 20 heavy (non-hydrogen) atoms. The Morgan fingerprint density at radius 1 is 1.25 bits per heavy atom. The number of aromatic carboxylic acids is 1. The molecule has 6 heteroatoms. The summed E-state index contributed by atoms with van der Waals surface area (Å²) in [5, 5.41) is 17.9. The summed E-state index contributed by atoms with van der Waals surface area (Å²) in [5.41, 5.74) is 0.187. The average Bonchev–Trinajstić information content (AvgIpc) is 2.84. The van der Waals surface area contributed by atoms with Crippen molar-refractivity contribution in [3.05, 3.63) is 48.3 Å². The number of benzene rings is 1. The van der Waals surface area contributed by atoms with Gasteiger partial charge in [0, 0.05) is 36.3 Å². The van der Waals surface area contributed by atoms with Crippen molar-refractivity contribution in [1.82, 2.24) is 14.8 Å². The predicted molar refractivity (Wildman–Crippen MR) is 75.2 cm³/mol. The lowest BCUT2D eigenvalue weighted by atomic mass is 10.1. The first kappa shape index (κ1) is 12.2. The van der Waals surface area contributed by atoms with Crippen LogP contribution in [0.5, 0.6) is 0 Å². The van der Waals surface area contributed by atoms with Crippen LogP contribution in [0.4, 0.5) is 11.6 Å². The second-order valence-corrected chi connectivity index (χ2v) is 4.37. The molecule has 2 aromatic heterocycles. The van der Waals surface area contributed by atoms with Crippen LogP contribution in [-0.4, -0.2) is 25.8 Å². The Bertz CT molecular complexity index is 795. The van der Waals surface area contributed by atoms with Gasteiger partial charge in [-0.3, -0.25) is 4.68 Å². The van der Waals surface area contributed by atoms with Gasteiger partial charge in [-0.2, -0.15) is 5.10 Å². The molecular weight excluding hydrogens is 256 g/mol. The molecule has 0 atom stereocenters. The Hall–Kier alpha value is -2.89. The van der Waals surface area contributed by atoms with E-state index in [1.54, 1.807) is 16.8 Å². The zero-order chi connectivity index (χ0) is 14.1. The third-order valence-electron chi connectivity index (χ3n) is 2.99. The molecule has 0 radical (unpaired) electrons. The van der Waals surface area contributed by atoms with Gasteiger partial charge in [-0.1, -0.05) is 24.3 Å². The molecule has 0 fully saturated rings. The molecule has 0 saturated heterocycles. The van der Waals surface area contributed by atoms with E-state index < -0.39 is 5.97 Å². The normalized spacial score (nSPS) is 10.7. The molecule has 0 bridgehead atoms. The molecule has 0 aliphatic carbocycles. The van der Waals surface area contributed by atoms with E-state index in [1.807, 2.05) is 31.4 Å². The number of aromatic nitrogens is 3. The van der Waals surface area contributed by atoms with Gasteiger partial charge in [-0.15, -0.1) is 0 Å². The molecule has 6 nitrogen and oxygen atoms in total. The van der Waals surface area contributed by atoms with Crippen LogP contribution in [0.2, 0.25) is 0 Å². The Morgan fingerprint density at radius 3 is 2.65 bits per heavy atom. The maximum absolute atomic E-state index is 11.2. The molecule has 0 amide bonds. The van der Waals surface area contributed by atoms with E-state index in [0.29, 0.717) is 17.0 Å². The minimum atomic E-state index is -0.988. The molecule has 0 spiro atoms. The Morgan fingerprint density at radius 2 is 2.00 bits per heavy atom. The first-order valence-electron chi connectivity index (χ1n) is 6.03. The molecule has 0 unspecified atom stereocenters. The zero-order valence-electron chi connectivity index (χ0n) is 10.7. The number of hydrogen-bond acceptors (Lipinski definition) is 4. The molecule has 0 aliphatic heterocycles. The fourth-order valence-electron chi connectivity index (χ4n) is 2.07. The van der Waals surface area contributed by atoms with Gasteiger partial charge in [0.25, 0.3) is 0 Å². The summed E-state index contributed by atoms with van der Waals surface area (Å²) in [5.74, 6) is 0.260. The van der Waals surface area contributed by atoms with Crippen molar-refractivity contribution in [1.29, 1.82) is 0 Å². The van der Waals surface area contributed by atoms with E-state index in [0.717, 1.165) is 5.39 Å². The molecule has 3 rings (SSSR count). The summed E-state index contributed by atoms with van der Waals surface area (Å²) in [6, 6.07) is 9.07. The number of nitrogens with zero attached hydrogens (tertiary/aromatic N) is 3. The van der Waals surface area contributed by atoms with Crippen molar-refractivity contribution in [2.45, 2.75) is 0 Å². The number of nitrogens with one attached hydrogen (secondary N) is 1. The van der Waals surface area contributed by atoms with Crippen molar-refractivity contribution in [3.63, 3.8) is 0 Å². The average molecular weight is 268 g/mol. The van der Waals surface area contributed by atoms with Crippen molar-refractivity contribution >= 4 is 28.4 Å². The summed E-state index contributed by atoms with van der Waals surface area (Å²) >= 11 is 0. The van der Waals surface area contributed by atoms with Gasteiger partial charge in [0.15, 0.2) is 5.82 Å². The first-order chi connectivity index (χ1) is 9.65. The van der Waals surface area contributed by atoms with Crippen molar-refractivity contribution < 1.29 is 9.90 Å². The number of aryl methyl sites for hydroxylation is 1. The fourth-order valence-corrected chi connectivity index (χ4v) is 2.07. The van der Waals surface area contributed by atoms with Crippen LogP contribution in [0, 0.1) is 0 Å². The summed E-state index contributed by atoms with van der Waals surface area (Å²) < 4.78 is 1.68. The Labute approximate surface area is 114 Å². The number of carboxylic acid groups (broad SMARTS) is 1. The van der Waals surface area contributed by atoms with Crippen molar-refractivity contribution in [2.75, 3.05) is 5.32 Å². The molecule has 0 saturated carbocycles. The summed E-state index contributed by atoms with van der Waals surface area (Å²) in [7, 11) is 1.82. The molecule has 100 valence electrons. The van der Waals surface area contributed by atoms with Gasteiger partial charge in [0.05, 0.1) is 5.56 Å². The number of rotatable bonds is 3. The summed E-state index contributed by atoms with van der Waals surface area (Å²) in [6.07, 6.45) is 3.17. The zero-order valence-corrected chi connectivity index (χ0v) is 10.7. The summed E-state index contributed by atoms with van der Waals surface area (Å²) in [6.45, 7) is 0. The maximum atomic E-state index is 11.2. The van der Waals surface area contributed by atoms with E-state index in [-0.39, 0.29) is 5.56 Å². The van der Waals surface area contributed by atoms with E-state index in [2.05, 4.69) is 15.4 Å². The highest BCUT2D eigenvalue weighted by atomic mass is 16.4. The lowest BCUT2D eigenvalue weighted by Gasteiger charge is -2.08. The minimum Gasteiger partial charge on any atom is -0.478 e. The van der Waals surface area contributed by atoms with Gasteiger partial charge in [-0.05, 0) is 0 Å². The Kier molecular flexibility index (Phi) is 2.83. The van der Waals surface area contributed by atoms with Crippen LogP contribution in [0.15, 0.2) is 42.7 Å². The molecule has 2 heterocycles. The van der Waals surface area contributed by atoms with Gasteiger partial charge in [0.1, 0.15) is 5.82 Å². The molecular formula is C14H12N4O2. The molecule has 3 aromatic rings. The SMILES string of the molecule is Cn1ccc(Nc2ncc(C(=O)O)c3ccccc23)n1. The van der Waals surface area contributed by atoms with Crippen molar-refractivity contribution in [2.24, 2.45) is 7.05 Å². The van der Waals surface area contributed by atoms with Gasteiger partial charge in [-0.25, -0.2) is 9.78 Å². The highest BCUT2D eigenvalue weighted by Crippen LogP contribution is 2.26. The highest BCUT2D eigenvalue weighted by molar-refractivity contribution is 6.06. The van der Waals surface area contributed by atoms with Crippen molar-refractivity contribution in [3.8, 4) is 0 Å². The van der Waals surface area contributed by atoms with Gasteiger partial charge < -0.3 is 10.4 Å². The van der Waals surface area contributed by atoms with Crippen LogP contribution >= 0.6 is 0 Å². The lowest BCUT2D eigenvalue weighted by Crippen LogP contribution is -2.02. The number of carbonyl (C=O) groups is 1. The van der Waals surface area contributed by atoms with Crippen LogP contribution in [-0.2, 0) is 7.05 Å². The number of fused-ring (bicyclic) bond motifs is 1. The number of hydrogen-bond donors (Lipinski definition) is 2. The standard InChI is InChI=1S/C14H12N4O2/c1-18-7-6-12(17-18)16-13-10-5-3-2-4-9(10)11(8-15-13)14(19)20/h2-8H,1H3,(H,19,20)(H,15,16,17). The number of carboxylic acids is 1. The topological polar surface area (TPSA) is 80.0 Å². The van der Waals surface area contributed by atoms with E-state index in [4.69, 9.17) is 0 Å². The van der Waals surface area contributed by atoms with Crippen LogP contribution in [0.3, 0.4) is 0 Å². The number of anilines is 2. The van der Waals surface area contributed by atoms with Crippen LogP contribution in [0.25, 0.3) is 10.8 Å². The maximum Gasteiger partial charge on any atom is 0.337 e. The Balaban J connectivity index is 2.12. The molecule has 1 aromatic carbocycles. The summed E-state index contributed by atoms with van der Waals surface area (Å²) in [4.78, 5) is 15.4. The predicted octanol–water partition coefficient (Wildman–Crippen LogP) is 2.41. The second-order valence-electron chi connectivity index (χ2n) is 4.37.